The first-order valence-corrected chi connectivity index (χ1v) is 9.02. The molecule has 3 N–H and O–H groups in total. The van der Waals surface area contributed by atoms with Gasteiger partial charge in [-0.1, -0.05) is 18.2 Å². The average molecular weight is 372 g/mol. The number of rotatable bonds is 5. The molecule has 1 aromatic rings. The van der Waals surface area contributed by atoms with E-state index in [1.165, 1.54) is 0 Å². The lowest BCUT2D eigenvalue weighted by atomic mass is 9.82. The Hall–Kier alpha value is -2.83. The highest BCUT2D eigenvalue weighted by Gasteiger charge is 2.51. The van der Waals surface area contributed by atoms with E-state index in [-0.39, 0.29) is 11.8 Å². The van der Waals surface area contributed by atoms with Gasteiger partial charge in [-0.25, -0.2) is 0 Å². The summed E-state index contributed by atoms with van der Waals surface area (Å²) in [6.45, 7) is 5.52. The van der Waals surface area contributed by atoms with Crippen LogP contribution in [-0.2, 0) is 14.4 Å². The minimum atomic E-state index is -0.982. The molecule has 5 atom stereocenters. The highest BCUT2D eigenvalue weighted by Crippen LogP contribution is 2.48. The highest BCUT2D eigenvalue weighted by atomic mass is 16.5. The molecule has 0 heterocycles. The van der Waals surface area contributed by atoms with Gasteiger partial charge in [-0.3, -0.25) is 25.2 Å². The van der Waals surface area contributed by atoms with Crippen LogP contribution in [-0.4, -0.2) is 29.0 Å². The largest absolute Gasteiger partial charge is 0.481 e. The average Bonchev–Trinajstić information content (AvgIpc) is 3.23. The summed E-state index contributed by atoms with van der Waals surface area (Å²) in [4.78, 5) is 36.2. The number of allylic oxidation sites excluding steroid dienone is 2. The third-order valence-electron chi connectivity index (χ3n) is 5.52. The number of ether oxygens (including phenoxy) is 1. The maximum atomic E-state index is 12.5. The number of carboxylic acids is 1. The minimum Gasteiger partial charge on any atom is -0.481 e. The molecule has 0 aromatic heterocycles. The summed E-state index contributed by atoms with van der Waals surface area (Å²) in [7, 11) is 0. The number of amides is 2. The Balaban J connectivity index is 1.55. The second-order valence-corrected chi connectivity index (χ2v) is 7.32. The molecule has 27 heavy (non-hydrogen) atoms. The highest BCUT2D eigenvalue weighted by molar-refractivity contribution is 5.89. The number of nitrogens with one attached hydrogen (secondary N) is 2. The Morgan fingerprint density at radius 2 is 1.74 bits per heavy atom. The Bertz CT molecular complexity index is 804. The van der Waals surface area contributed by atoms with Gasteiger partial charge in [0.15, 0.2) is 6.10 Å². The Kier molecular flexibility index (Phi) is 5.21. The van der Waals surface area contributed by atoms with Gasteiger partial charge >= 0.3 is 5.97 Å². The Labute approximate surface area is 157 Å². The summed E-state index contributed by atoms with van der Waals surface area (Å²) in [5.74, 6) is -3.04. The van der Waals surface area contributed by atoms with Gasteiger partial charge in [0.25, 0.3) is 5.91 Å². The van der Waals surface area contributed by atoms with Crippen LogP contribution in [0.5, 0.6) is 5.75 Å². The summed E-state index contributed by atoms with van der Waals surface area (Å²) < 4.78 is 5.61. The van der Waals surface area contributed by atoms with Crippen LogP contribution in [0.25, 0.3) is 0 Å². The van der Waals surface area contributed by atoms with Crippen LogP contribution in [0.2, 0.25) is 0 Å². The maximum absolute atomic E-state index is 12.5. The molecule has 1 fully saturated rings. The van der Waals surface area contributed by atoms with Gasteiger partial charge in [0.2, 0.25) is 5.91 Å². The third-order valence-corrected chi connectivity index (χ3v) is 5.52. The van der Waals surface area contributed by atoms with E-state index in [0.717, 1.165) is 11.1 Å². The van der Waals surface area contributed by atoms with E-state index in [4.69, 9.17) is 4.74 Å². The minimum absolute atomic E-state index is 0.0998. The maximum Gasteiger partial charge on any atom is 0.307 e. The topological polar surface area (TPSA) is 105 Å². The normalized spacial score (nSPS) is 26.5. The van der Waals surface area contributed by atoms with Crippen molar-refractivity contribution in [1.29, 1.82) is 0 Å². The van der Waals surface area contributed by atoms with Crippen LogP contribution < -0.4 is 15.6 Å². The lowest BCUT2D eigenvalue weighted by Crippen LogP contribution is -2.51. The summed E-state index contributed by atoms with van der Waals surface area (Å²) in [5, 5.41) is 9.41. The van der Waals surface area contributed by atoms with Crippen LogP contribution in [0, 0.1) is 37.5 Å². The second-order valence-electron chi connectivity index (χ2n) is 7.32. The number of carbonyl (C=O) groups is 3. The Morgan fingerprint density at radius 1 is 1.07 bits per heavy atom. The molecule has 0 aliphatic heterocycles. The van der Waals surface area contributed by atoms with Crippen molar-refractivity contribution in [2.75, 3.05) is 0 Å². The molecule has 2 aliphatic carbocycles. The van der Waals surface area contributed by atoms with Crippen LogP contribution >= 0.6 is 0 Å². The van der Waals surface area contributed by atoms with E-state index in [2.05, 4.69) is 10.9 Å². The fraction of sp³-hybridized carbons (Fsp3) is 0.450. The fourth-order valence-corrected chi connectivity index (χ4v) is 3.87. The number of hydrogen-bond acceptors (Lipinski definition) is 4. The van der Waals surface area contributed by atoms with Crippen LogP contribution in [0.4, 0.5) is 0 Å². The number of hydrazine groups is 1. The van der Waals surface area contributed by atoms with E-state index in [1.807, 2.05) is 38.1 Å². The van der Waals surface area contributed by atoms with Crippen molar-refractivity contribution in [2.24, 2.45) is 23.7 Å². The van der Waals surface area contributed by atoms with E-state index in [0.29, 0.717) is 12.2 Å². The molecule has 0 unspecified atom stereocenters. The fourth-order valence-electron chi connectivity index (χ4n) is 3.87. The second kappa shape index (κ2) is 7.42. The monoisotopic (exact) mass is 372 g/mol. The van der Waals surface area contributed by atoms with E-state index in [1.54, 1.807) is 13.0 Å². The van der Waals surface area contributed by atoms with Crippen LogP contribution in [0.3, 0.4) is 0 Å². The molecule has 1 saturated carbocycles. The number of carbonyl (C=O) groups excluding carboxylic acids is 2. The van der Waals surface area contributed by atoms with Crippen molar-refractivity contribution in [1.82, 2.24) is 10.9 Å². The molecule has 1 aromatic carbocycles. The van der Waals surface area contributed by atoms with Gasteiger partial charge in [-0.15, -0.1) is 0 Å². The molecular weight excluding hydrogens is 348 g/mol. The molecule has 7 heteroatoms. The van der Waals surface area contributed by atoms with Crippen LogP contribution in [0.1, 0.15) is 24.5 Å². The molecule has 0 saturated heterocycles. The summed E-state index contributed by atoms with van der Waals surface area (Å²) in [6, 6.07) is 5.53. The number of carboxylic acid groups (broad SMARTS) is 1. The molecule has 7 nitrogen and oxygen atoms in total. The van der Waals surface area contributed by atoms with Crippen molar-refractivity contribution < 1.29 is 24.2 Å². The lowest BCUT2D eigenvalue weighted by Gasteiger charge is -2.24. The predicted molar refractivity (Wildman–Crippen MR) is 97.6 cm³/mol. The number of fused-ring (bicyclic) bond motifs is 2. The molecule has 0 spiro atoms. The molecule has 3 rings (SSSR count). The Morgan fingerprint density at radius 3 is 2.37 bits per heavy atom. The lowest BCUT2D eigenvalue weighted by molar-refractivity contribution is -0.148. The van der Waals surface area contributed by atoms with Crippen LogP contribution in [0.15, 0.2) is 30.4 Å². The van der Waals surface area contributed by atoms with Crippen molar-refractivity contribution >= 4 is 17.8 Å². The van der Waals surface area contributed by atoms with E-state index < -0.39 is 35.7 Å². The van der Waals surface area contributed by atoms with Gasteiger partial charge in [-0.05, 0) is 62.3 Å². The standard InChI is InChI=1S/C20H24N2O5/c1-10-4-7-15(8-11(10)2)27-12(3)18(23)21-22-19(24)16-13-5-6-14(9-13)17(16)20(25)26/h4-8,12-14,16-17H,9H2,1-3H3,(H,21,23)(H,22,24)(H,25,26)/t12-,13+,14+,16+,17+/m1/s1. The first-order valence-electron chi connectivity index (χ1n) is 9.02. The molecule has 144 valence electrons. The number of aryl methyl sites for hydroxylation is 2. The van der Waals surface area contributed by atoms with E-state index >= 15 is 0 Å². The van der Waals surface area contributed by atoms with Gasteiger partial charge in [0.1, 0.15) is 5.75 Å². The number of benzene rings is 1. The van der Waals surface area contributed by atoms with Gasteiger partial charge in [-0.2, -0.15) is 0 Å². The van der Waals surface area contributed by atoms with Crippen molar-refractivity contribution in [3.8, 4) is 5.75 Å². The quantitative estimate of drug-likeness (QED) is 0.539. The first-order chi connectivity index (χ1) is 12.8. The molecule has 2 bridgehead atoms. The summed E-state index contributed by atoms with van der Waals surface area (Å²) in [6.07, 6.45) is 3.60. The zero-order chi connectivity index (χ0) is 19.7. The molecular formula is C20H24N2O5. The van der Waals surface area contributed by atoms with Gasteiger partial charge in [0.05, 0.1) is 11.8 Å². The zero-order valence-corrected chi connectivity index (χ0v) is 15.6. The predicted octanol–water partition coefficient (Wildman–Crippen LogP) is 1.74. The molecule has 2 aliphatic rings. The SMILES string of the molecule is Cc1ccc(O[C@H](C)C(=O)NNC(=O)[C@@H]2[C@@H](C(=O)O)[C@H]3C=C[C@H]2C3)cc1C. The van der Waals surface area contributed by atoms with E-state index in [9.17, 15) is 19.5 Å². The number of hydrogen-bond donors (Lipinski definition) is 3. The van der Waals surface area contributed by atoms with Gasteiger partial charge in [0, 0.05) is 0 Å². The summed E-state index contributed by atoms with van der Waals surface area (Å²) in [5.41, 5.74) is 6.89. The molecule has 2 amide bonds. The smallest absolute Gasteiger partial charge is 0.307 e. The third kappa shape index (κ3) is 3.82. The van der Waals surface area contributed by atoms with Crippen molar-refractivity contribution in [3.05, 3.63) is 41.5 Å². The van der Waals surface area contributed by atoms with Crippen molar-refractivity contribution in [2.45, 2.75) is 33.3 Å². The van der Waals surface area contributed by atoms with Crippen molar-refractivity contribution in [3.63, 3.8) is 0 Å². The first kappa shape index (κ1) is 18.9. The summed E-state index contributed by atoms with van der Waals surface area (Å²) >= 11 is 0. The number of aliphatic carboxylic acids is 1. The molecule has 0 radical (unpaired) electrons. The van der Waals surface area contributed by atoms with Gasteiger partial charge < -0.3 is 9.84 Å². The zero-order valence-electron chi connectivity index (χ0n) is 15.6.